The molecule has 0 aliphatic carbocycles. The molecule has 0 fully saturated rings. The van der Waals surface area contributed by atoms with Crippen LogP contribution in [0.2, 0.25) is 0 Å². The number of benzene rings is 4. The molecule has 146 valence electrons. The Morgan fingerprint density at radius 3 is 1.63 bits per heavy atom. The zero-order chi connectivity index (χ0) is 21.1. The Morgan fingerprint density at radius 2 is 1.07 bits per heavy atom. The molecule has 0 aliphatic heterocycles. The number of carbonyl (C=O) groups is 2. The lowest BCUT2D eigenvalue weighted by molar-refractivity contribution is 0.100. The fourth-order valence-corrected chi connectivity index (χ4v) is 3.35. The fourth-order valence-electron chi connectivity index (χ4n) is 3.35. The van der Waals surface area contributed by atoms with Gasteiger partial charge in [-0.1, -0.05) is 48.5 Å². The lowest BCUT2D eigenvalue weighted by Gasteiger charge is -2.14. The molecule has 0 heterocycles. The molecule has 0 saturated carbocycles. The van der Waals surface area contributed by atoms with E-state index >= 15 is 0 Å². The smallest absolute Gasteiger partial charge is 0.194 e. The number of carbonyl (C=O) groups excluding carboxylic acids is 2. The van der Waals surface area contributed by atoms with Crippen LogP contribution >= 0.6 is 0 Å². The molecule has 0 N–H and O–H groups in total. The Hall–Kier alpha value is -3.92. The number of rotatable bonds is 5. The van der Waals surface area contributed by atoms with E-state index in [-0.39, 0.29) is 28.0 Å². The van der Waals surface area contributed by atoms with Crippen LogP contribution in [0.4, 0.5) is 8.78 Å². The molecule has 0 aromatic heterocycles. The molecule has 0 unspecified atom stereocenters. The molecule has 2 nitrogen and oxygen atoms in total. The van der Waals surface area contributed by atoms with Gasteiger partial charge in [-0.2, -0.15) is 0 Å². The largest absolute Gasteiger partial charge is 0.289 e. The van der Waals surface area contributed by atoms with E-state index in [4.69, 9.17) is 0 Å². The molecular formula is C26H16F2O2. The maximum absolute atomic E-state index is 13.4. The first-order chi connectivity index (χ1) is 14.5. The summed E-state index contributed by atoms with van der Waals surface area (Å²) in [6.45, 7) is 0. The van der Waals surface area contributed by atoms with Gasteiger partial charge in [0.1, 0.15) is 11.6 Å². The Bertz CT molecular complexity index is 1210. The second-order valence-corrected chi connectivity index (χ2v) is 6.77. The average molecular weight is 398 g/mol. The second kappa shape index (κ2) is 8.21. The van der Waals surface area contributed by atoms with E-state index in [1.807, 2.05) is 30.3 Å². The fraction of sp³-hybridized carbons (Fsp3) is 0. The molecule has 4 aromatic rings. The van der Waals surface area contributed by atoms with Crippen LogP contribution in [0.15, 0.2) is 97.1 Å². The van der Waals surface area contributed by atoms with Crippen LogP contribution in [-0.4, -0.2) is 11.6 Å². The Balaban J connectivity index is 1.92. The molecule has 0 amide bonds. The monoisotopic (exact) mass is 398 g/mol. The number of ketones is 2. The zero-order valence-corrected chi connectivity index (χ0v) is 15.8. The van der Waals surface area contributed by atoms with Crippen molar-refractivity contribution < 1.29 is 18.4 Å². The Morgan fingerprint density at radius 1 is 0.533 bits per heavy atom. The normalized spacial score (nSPS) is 10.6. The quantitative estimate of drug-likeness (QED) is 0.381. The van der Waals surface area contributed by atoms with E-state index in [1.165, 1.54) is 48.5 Å². The molecule has 4 heteroatoms. The minimum atomic E-state index is -0.453. The Kier molecular flexibility index (Phi) is 5.31. The van der Waals surface area contributed by atoms with Crippen LogP contribution in [0.25, 0.3) is 11.1 Å². The highest BCUT2D eigenvalue weighted by atomic mass is 19.1. The van der Waals surface area contributed by atoms with Gasteiger partial charge in [0, 0.05) is 22.3 Å². The van der Waals surface area contributed by atoms with Crippen LogP contribution < -0.4 is 0 Å². The molecule has 0 spiro atoms. The topological polar surface area (TPSA) is 34.1 Å². The minimum absolute atomic E-state index is 0.206. The van der Waals surface area contributed by atoms with E-state index in [2.05, 4.69) is 0 Å². The van der Waals surface area contributed by atoms with E-state index in [9.17, 15) is 18.4 Å². The third-order valence-corrected chi connectivity index (χ3v) is 4.83. The number of halogens is 2. The van der Waals surface area contributed by atoms with Crippen molar-refractivity contribution in [3.8, 4) is 11.1 Å². The lowest BCUT2D eigenvalue weighted by Crippen LogP contribution is -2.13. The second-order valence-electron chi connectivity index (χ2n) is 6.77. The van der Waals surface area contributed by atoms with Crippen molar-refractivity contribution in [2.45, 2.75) is 0 Å². The number of hydrogen-bond donors (Lipinski definition) is 0. The van der Waals surface area contributed by atoms with Crippen molar-refractivity contribution in [1.82, 2.24) is 0 Å². The maximum atomic E-state index is 13.4. The van der Waals surface area contributed by atoms with Gasteiger partial charge in [-0.3, -0.25) is 9.59 Å². The molecule has 4 rings (SSSR count). The predicted octanol–water partition coefficient (Wildman–Crippen LogP) is 6.09. The van der Waals surface area contributed by atoms with Crippen molar-refractivity contribution in [2.75, 3.05) is 0 Å². The predicted molar refractivity (Wildman–Crippen MR) is 112 cm³/mol. The first kappa shape index (κ1) is 19.4. The highest BCUT2D eigenvalue weighted by Gasteiger charge is 2.23. The first-order valence-electron chi connectivity index (χ1n) is 9.33. The summed E-state index contributed by atoms with van der Waals surface area (Å²) < 4.78 is 26.7. The summed E-state index contributed by atoms with van der Waals surface area (Å²) in [6, 6.07) is 24.7. The van der Waals surface area contributed by atoms with Crippen LogP contribution in [-0.2, 0) is 0 Å². The van der Waals surface area contributed by atoms with Gasteiger partial charge in [-0.05, 0) is 59.7 Å². The molecule has 0 saturated heterocycles. The summed E-state index contributed by atoms with van der Waals surface area (Å²) in [6.07, 6.45) is 0. The van der Waals surface area contributed by atoms with Gasteiger partial charge < -0.3 is 0 Å². The summed E-state index contributed by atoms with van der Waals surface area (Å²) in [4.78, 5) is 26.6. The molecule has 0 aliphatic rings. The highest BCUT2D eigenvalue weighted by Crippen LogP contribution is 2.30. The summed E-state index contributed by atoms with van der Waals surface area (Å²) in [5, 5.41) is 0. The molecule has 0 atom stereocenters. The van der Waals surface area contributed by atoms with Gasteiger partial charge in [-0.25, -0.2) is 8.78 Å². The van der Waals surface area contributed by atoms with Gasteiger partial charge >= 0.3 is 0 Å². The molecule has 0 radical (unpaired) electrons. The van der Waals surface area contributed by atoms with Gasteiger partial charge in [0.25, 0.3) is 0 Å². The van der Waals surface area contributed by atoms with Crippen molar-refractivity contribution in [2.24, 2.45) is 0 Å². The van der Waals surface area contributed by atoms with Crippen molar-refractivity contribution >= 4 is 11.6 Å². The van der Waals surface area contributed by atoms with Gasteiger partial charge in [0.2, 0.25) is 0 Å². The van der Waals surface area contributed by atoms with Crippen molar-refractivity contribution in [3.63, 3.8) is 0 Å². The Labute approximate surface area is 172 Å². The van der Waals surface area contributed by atoms with Crippen LogP contribution in [0.3, 0.4) is 0 Å². The van der Waals surface area contributed by atoms with E-state index < -0.39 is 17.4 Å². The SMILES string of the molecule is O=C(c1ccc(F)cc1)c1cccc(-c2ccccc2)c1C(=O)c1ccc(F)cc1. The minimum Gasteiger partial charge on any atom is -0.289 e. The van der Waals surface area contributed by atoms with Gasteiger partial charge in [0.05, 0.1) is 0 Å². The zero-order valence-electron chi connectivity index (χ0n) is 15.8. The van der Waals surface area contributed by atoms with Gasteiger partial charge in [0.15, 0.2) is 11.6 Å². The maximum Gasteiger partial charge on any atom is 0.194 e. The van der Waals surface area contributed by atoms with E-state index in [0.717, 1.165) is 5.56 Å². The molecule has 4 aromatic carbocycles. The standard InChI is InChI=1S/C26H16F2O2/c27-20-13-9-18(10-14-20)25(29)23-8-4-7-22(17-5-2-1-3-6-17)24(23)26(30)19-11-15-21(28)16-12-19/h1-16H. The highest BCUT2D eigenvalue weighted by molar-refractivity contribution is 6.22. The van der Waals surface area contributed by atoms with Crippen LogP contribution in [0.5, 0.6) is 0 Å². The van der Waals surface area contributed by atoms with Crippen molar-refractivity contribution in [1.29, 1.82) is 0 Å². The lowest BCUT2D eigenvalue weighted by atomic mass is 9.87. The van der Waals surface area contributed by atoms with E-state index in [0.29, 0.717) is 5.56 Å². The molecular weight excluding hydrogens is 382 g/mol. The van der Waals surface area contributed by atoms with Crippen molar-refractivity contribution in [3.05, 3.63) is 131 Å². The van der Waals surface area contributed by atoms with Crippen LogP contribution in [0.1, 0.15) is 31.8 Å². The molecule has 0 bridgehead atoms. The summed E-state index contributed by atoms with van der Waals surface area (Å²) in [5.74, 6) is -1.68. The third-order valence-electron chi connectivity index (χ3n) is 4.83. The first-order valence-corrected chi connectivity index (χ1v) is 9.33. The molecule has 30 heavy (non-hydrogen) atoms. The summed E-state index contributed by atoms with van der Waals surface area (Å²) in [7, 11) is 0. The van der Waals surface area contributed by atoms with E-state index in [1.54, 1.807) is 18.2 Å². The number of hydrogen-bond acceptors (Lipinski definition) is 2. The summed E-state index contributed by atoms with van der Waals surface area (Å²) in [5.41, 5.74) is 2.35. The van der Waals surface area contributed by atoms with Gasteiger partial charge in [-0.15, -0.1) is 0 Å². The van der Waals surface area contributed by atoms with Crippen LogP contribution in [0, 0.1) is 11.6 Å². The summed E-state index contributed by atoms with van der Waals surface area (Å²) >= 11 is 0. The third kappa shape index (κ3) is 3.80. The average Bonchev–Trinajstić information content (AvgIpc) is 2.79.